The Morgan fingerprint density at radius 1 is 0.667 bits per heavy atom. The van der Waals surface area contributed by atoms with Gasteiger partial charge >= 0.3 is 0 Å². The maximum atomic E-state index is 9.16. The van der Waals surface area contributed by atoms with Gasteiger partial charge in [-0.1, -0.05) is 23.2 Å². The van der Waals surface area contributed by atoms with Gasteiger partial charge in [-0.05, 0) is 0 Å². The van der Waals surface area contributed by atoms with Crippen LogP contribution in [0.3, 0.4) is 0 Å². The van der Waals surface area contributed by atoms with Gasteiger partial charge in [-0.15, -0.1) is 0 Å². The van der Waals surface area contributed by atoms with E-state index in [1.54, 1.807) is 0 Å². The van der Waals surface area contributed by atoms with Crippen LogP contribution in [0.25, 0.3) is 0 Å². The van der Waals surface area contributed by atoms with Crippen molar-refractivity contribution in [2.24, 2.45) is 10.8 Å². The molecule has 0 radical (unpaired) electrons. The summed E-state index contributed by atoms with van der Waals surface area (Å²) in [5, 5.41) is 55.0. The number of halogens is 2. The molecule has 134 valence electrons. The summed E-state index contributed by atoms with van der Waals surface area (Å²) < 4.78 is 5.10. The van der Waals surface area contributed by atoms with E-state index in [1.807, 2.05) is 0 Å². The van der Waals surface area contributed by atoms with Gasteiger partial charge in [-0.25, -0.2) is 0 Å². The van der Waals surface area contributed by atoms with Crippen LogP contribution < -0.4 is 0 Å². The summed E-state index contributed by atoms with van der Waals surface area (Å²) >= 11 is 11.7. The maximum absolute atomic E-state index is 9.16. The molecule has 6 N–H and O–H groups in total. The van der Waals surface area contributed by atoms with Gasteiger partial charge in [0.05, 0.1) is 50.5 Å². The number of hydrogen-bond acceptors (Lipinski definition) is 7. The van der Waals surface area contributed by atoms with Crippen molar-refractivity contribution in [3.05, 3.63) is 0 Å². The number of hydrogen-bond donors (Lipinski definition) is 6. The average Bonchev–Trinajstić information content (AvgIpc) is 2.44. The molecule has 0 aromatic carbocycles. The van der Waals surface area contributed by atoms with E-state index in [1.165, 1.54) is 0 Å². The number of ether oxygens (including phenoxy) is 1. The zero-order valence-corrected chi connectivity index (χ0v) is 15.1. The minimum absolute atomic E-state index is 0. The normalized spacial score (nSPS) is 14.9. The SMILES string of the molecule is OCC(CO)(CO)C(Cl)OC(Cl)C(CO)(CO)CO.[Fe].[Pd]. The van der Waals surface area contributed by atoms with Crippen LogP contribution in [0.5, 0.6) is 0 Å². The fraction of sp³-hybridized carbons (Fsp3) is 1.00. The van der Waals surface area contributed by atoms with E-state index in [0.29, 0.717) is 0 Å². The van der Waals surface area contributed by atoms with Crippen LogP contribution in [0, 0.1) is 10.8 Å². The molecule has 0 aliphatic heterocycles. The standard InChI is InChI=1S/C10H20Cl2O7.Fe.Pd/c11-7(9(1-13,2-14)3-15)19-8(12)10(4-16,5-17)6-18;;/h7-8,13-18H,1-6H2;;. The molecule has 21 heavy (non-hydrogen) atoms. The Bertz CT molecular complexity index is 217. The van der Waals surface area contributed by atoms with Gasteiger partial charge in [-0.3, -0.25) is 0 Å². The van der Waals surface area contributed by atoms with Crippen molar-refractivity contribution in [1.82, 2.24) is 0 Å². The molecule has 7 nitrogen and oxygen atoms in total. The summed E-state index contributed by atoms with van der Waals surface area (Å²) in [4.78, 5) is 0. The van der Waals surface area contributed by atoms with Gasteiger partial charge in [0.1, 0.15) is 11.1 Å². The smallest absolute Gasteiger partial charge is 0.145 e. The van der Waals surface area contributed by atoms with Crippen molar-refractivity contribution >= 4 is 23.2 Å². The van der Waals surface area contributed by atoms with Gasteiger partial charge in [0.15, 0.2) is 0 Å². The summed E-state index contributed by atoms with van der Waals surface area (Å²) in [5.41, 5.74) is -5.86. The molecule has 2 atom stereocenters. The van der Waals surface area contributed by atoms with Gasteiger partial charge < -0.3 is 35.4 Å². The van der Waals surface area contributed by atoms with Crippen LogP contribution in [0.2, 0.25) is 0 Å². The molecule has 0 spiro atoms. The first-order chi connectivity index (χ1) is 8.91. The molecular weight excluding hydrogens is 465 g/mol. The Morgan fingerprint density at radius 2 is 0.857 bits per heavy atom. The fourth-order valence-corrected chi connectivity index (χ4v) is 1.80. The van der Waals surface area contributed by atoms with Gasteiger partial charge in [0, 0.05) is 37.5 Å². The third-order valence-corrected chi connectivity index (χ3v) is 4.22. The second-order valence-corrected chi connectivity index (χ2v) is 5.23. The first-order valence-corrected chi connectivity index (χ1v) is 6.38. The molecule has 2 unspecified atom stereocenters. The first-order valence-electron chi connectivity index (χ1n) is 5.50. The zero-order chi connectivity index (χ0) is 15.1. The molecule has 0 fully saturated rings. The predicted molar refractivity (Wildman–Crippen MR) is 67.7 cm³/mol. The molecule has 0 saturated heterocycles. The van der Waals surface area contributed by atoms with Crippen LogP contribution in [-0.2, 0) is 42.2 Å². The third kappa shape index (κ3) is 6.48. The summed E-state index contributed by atoms with van der Waals surface area (Å²) in [6.07, 6.45) is 0. The van der Waals surface area contributed by atoms with E-state index in [4.69, 9.17) is 58.6 Å². The van der Waals surface area contributed by atoms with Crippen molar-refractivity contribution in [2.45, 2.75) is 11.1 Å². The van der Waals surface area contributed by atoms with Crippen LogP contribution in [0.15, 0.2) is 0 Å². The Morgan fingerprint density at radius 3 is 1.00 bits per heavy atom. The van der Waals surface area contributed by atoms with Gasteiger partial charge in [0.2, 0.25) is 0 Å². The summed E-state index contributed by atoms with van der Waals surface area (Å²) in [6, 6.07) is 0. The van der Waals surface area contributed by atoms with Crippen LogP contribution in [-0.4, -0.2) is 81.4 Å². The first kappa shape index (κ1) is 27.3. The topological polar surface area (TPSA) is 131 Å². The second-order valence-electron chi connectivity index (χ2n) is 4.44. The Balaban J connectivity index is -0.00000162. The third-order valence-electron chi connectivity index (χ3n) is 3.09. The number of rotatable bonds is 10. The molecule has 0 heterocycles. The van der Waals surface area contributed by atoms with Crippen LogP contribution in [0.4, 0.5) is 0 Å². The van der Waals surface area contributed by atoms with Crippen molar-refractivity contribution in [1.29, 1.82) is 0 Å². The zero-order valence-electron chi connectivity index (χ0n) is 10.9. The molecule has 0 aromatic rings. The Kier molecular flexibility index (Phi) is 16.7. The molecule has 0 aliphatic carbocycles. The van der Waals surface area contributed by atoms with Crippen molar-refractivity contribution in [2.75, 3.05) is 39.6 Å². The van der Waals surface area contributed by atoms with Crippen molar-refractivity contribution in [3.8, 4) is 0 Å². The minimum atomic E-state index is -1.54. The Labute approximate surface area is 157 Å². The van der Waals surface area contributed by atoms with Crippen LogP contribution in [0.1, 0.15) is 0 Å². The number of aliphatic hydroxyl groups excluding tert-OH is 6. The molecule has 0 saturated carbocycles. The van der Waals surface area contributed by atoms with Crippen molar-refractivity contribution < 1.29 is 72.9 Å². The molecule has 0 bridgehead atoms. The van der Waals surface area contributed by atoms with E-state index >= 15 is 0 Å². The summed E-state index contributed by atoms with van der Waals surface area (Å²) in [6.45, 7) is -3.99. The van der Waals surface area contributed by atoms with E-state index in [2.05, 4.69) is 0 Å². The molecule has 0 rings (SSSR count). The number of alkyl halides is 2. The molecule has 0 amide bonds. The number of aliphatic hydroxyl groups is 6. The summed E-state index contributed by atoms with van der Waals surface area (Å²) in [7, 11) is 0. The van der Waals surface area contributed by atoms with Crippen molar-refractivity contribution in [3.63, 3.8) is 0 Å². The van der Waals surface area contributed by atoms with E-state index in [9.17, 15) is 0 Å². The average molecular weight is 485 g/mol. The molecule has 0 aromatic heterocycles. The molecule has 11 heteroatoms. The fourth-order valence-electron chi connectivity index (χ4n) is 1.12. The van der Waals surface area contributed by atoms with Crippen LogP contribution >= 0.6 is 23.2 Å². The Hall–Kier alpha value is 1.48. The van der Waals surface area contributed by atoms with E-state index < -0.39 is 61.6 Å². The van der Waals surface area contributed by atoms with E-state index in [0.717, 1.165) is 0 Å². The van der Waals surface area contributed by atoms with Gasteiger partial charge in [0.25, 0.3) is 0 Å². The second kappa shape index (κ2) is 12.9. The largest absolute Gasteiger partial charge is 0.395 e. The molecule has 0 aliphatic rings. The monoisotopic (exact) mass is 484 g/mol. The summed E-state index contributed by atoms with van der Waals surface area (Å²) in [5.74, 6) is 0. The predicted octanol–water partition coefficient (Wildman–Crippen LogP) is -1.95. The van der Waals surface area contributed by atoms with Gasteiger partial charge in [-0.2, -0.15) is 0 Å². The minimum Gasteiger partial charge on any atom is -0.395 e. The maximum Gasteiger partial charge on any atom is 0.145 e. The molecular formula is C10H20Cl2FeO7Pd. The van der Waals surface area contributed by atoms with E-state index in [-0.39, 0.29) is 37.5 Å². The quantitative estimate of drug-likeness (QED) is 0.157.